The summed E-state index contributed by atoms with van der Waals surface area (Å²) in [7, 11) is -4.31. The molecule has 5 N–H and O–H groups in total. The molecule has 0 aliphatic rings. The van der Waals surface area contributed by atoms with Gasteiger partial charge in [0, 0.05) is 13.0 Å². The molecule has 0 radical (unpaired) electrons. The Labute approximate surface area is 347 Å². The zero-order chi connectivity index (χ0) is 41.1. The summed E-state index contributed by atoms with van der Waals surface area (Å²) in [6.07, 6.45) is 49.4. The van der Waals surface area contributed by atoms with E-state index in [1.165, 1.54) is 186 Å². The van der Waals surface area contributed by atoms with Crippen LogP contribution in [0.15, 0.2) is 12.2 Å². The van der Waals surface area contributed by atoms with Gasteiger partial charge in [-0.3, -0.25) is 13.8 Å². The molecular weight excluding hydrogens is 719 g/mol. The lowest BCUT2D eigenvalue weighted by atomic mass is 10.0. The molecule has 3 atom stereocenters. The fraction of sp³-hybridized carbons (Fsp3) is 0.936. The van der Waals surface area contributed by atoms with E-state index in [9.17, 15) is 19.4 Å². The number of rotatable bonds is 46. The highest BCUT2D eigenvalue weighted by Crippen LogP contribution is 2.43. The molecule has 0 aromatic heterocycles. The fourth-order valence-electron chi connectivity index (χ4n) is 7.43. The van der Waals surface area contributed by atoms with E-state index in [2.05, 4.69) is 31.3 Å². The number of allylic oxidation sites excluding steroid dienone is 2. The number of carbonyl (C=O) groups excluding carboxylic acids is 1. The third kappa shape index (κ3) is 41.4. The molecule has 0 aliphatic carbocycles. The molecule has 1 amide bonds. The van der Waals surface area contributed by atoms with Gasteiger partial charge < -0.3 is 21.1 Å². The molecule has 0 aromatic rings. The molecule has 0 saturated heterocycles. The molecular formula is C47H95N2O6P. The van der Waals surface area contributed by atoms with Gasteiger partial charge in [0.2, 0.25) is 5.91 Å². The highest BCUT2D eigenvalue weighted by molar-refractivity contribution is 7.47. The zero-order valence-electron chi connectivity index (χ0n) is 37.1. The Morgan fingerprint density at radius 1 is 0.571 bits per heavy atom. The van der Waals surface area contributed by atoms with Gasteiger partial charge in [-0.05, 0) is 38.5 Å². The SMILES string of the molecule is CCCCCCCCCC/C=C\CCCCCCCCCCCC(=O)NC(COP(=O)(O)OCCN)C(O)CCCCCCCCCCCCCCCCCC. The Morgan fingerprint density at radius 2 is 0.929 bits per heavy atom. The normalized spacial score (nSPS) is 14.0. The predicted molar refractivity (Wildman–Crippen MR) is 240 cm³/mol. The third-order valence-electron chi connectivity index (χ3n) is 11.1. The molecule has 56 heavy (non-hydrogen) atoms. The smallest absolute Gasteiger partial charge is 0.391 e. The van der Waals surface area contributed by atoms with Crippen LogP contribution in [0.4, 0.5) is 0 Å². The quantitative estimate of drug-likeness (QED) is 0.0273. The molecule has 0 fully saturated rings. The van der Waals surface area contributed by atoms with Crippen LogP contribution >= 0.6 is 7.82 Å². The first-order valence-electron chi connectivity index (χ1n) is 24.3. The number of unbranched alkanes of at least 4 members (excludes halogenated alkanes) is 32. The second-order valence-electron chi connectivity index (χ2n) is 16.7. The van der Waals surface area contributed by atoms with Gasteiger partial charge >= 0.3 is 7.82 Å². The van der Waals surface area contributed by atoms with E-state index >= 15 is 0 Å². The number of nitrogens with two attached hydrogens (primary N) is 1. The molecule has 0 saturated carbocycles. The van der Waals surface area contributed by atoms with Gasteiger partial charge in [0.05, 0.1) is 25.4 Å². The second-order valence-corrected chi connectivity index (χ2v) is 18.1. The van der Waals surface area contributed by atoms with Crippen LogP contribution < -0.4 is 11.1 Å². The molecule has 0 spiro atoms. The molecule has 0 aliphatic heterocycles. The van der Waals surface area contributed by atoms with E-state index in [-0.39, 0.29) is 25.7 Å². The number of amides is 1. The van der Waals surface area contributed by atoms with E-state index in [0.717, 1.165) is 38.5 Å². The van der Waals surface area contributed by atoms with Gasteiger partial charge in [0.25, 0.3) is 0 Å². The van der Waals surface area contributed by atoms with E-state index in [0.29, 0.717) is 12.8 Å². The van der Waals surface area contributed by atoms with Crippen LogP contribution in [0.1, 0.15) is 251 Å². The van der Waals surface area contributed by atoms with E-state index in [1.54, 1.807) is 0 Å². The first-order valence-corrected chi connectivity index (χ1v) is 25.8. The fourth-order valence-corrected chi connectivity index (χ4v) is 8.19. The van der Waals surface area contributed by atoms with Crippen LogP contribution in [0.25, 0.3) is 0 Å². The maximum Gasteiger partial charge on any atom is 0.472 e. The molecule has 9 heteroatoms. The summed E-state index contributed by atoms with van der Waals surface area (Å²) in [6, 6.07) is -0.772. The topological polar surface area (TPSA) is 131 Å². The zero-order valence-corrected chi connectivity index (χ0v) is 38.0. The molecule has 0 heterocycles. The Bertz CT molecular complexity index is 891. The third-order valence-corrected chi connectivity index (χ3v) is 12.1. The summed E-state index contributed by atoms with van der Waals surface area (Å²) >= 11 is 0. The molecule has 3 unspecified atom stereocenters. The number of carbonyl (C=O) groups is 1. The first-order chi connectivity index (χ1) is 27.4. The monoisotopic (exact) mass is 815 g/mol. The second kappa shape index (κ2) is 43.8. The largest absolute Gasteiger partial charge is 0.472 e. The van der Waals surface area contributed by atoms with Gasteiger partial charge in [-0.25, -0.2) is 4.57 Å². The highest BCUT2D eigenvalue weighted by atomic mass is 31.2. The summed E-state index contributed by atoms with van der Waals surface area (Å²) in [6.45, 7) is 4.24. The van der Waals surface area contributed by atoms with Crippen molar-refractivity contribution in [3.05, 3.63) is 12.2 Å². The van der Waals surface area contributed by atoms with Crippen molar-refractivity contribution in [3.8, 4) is 0 Å². The maximum atomic E-state index is 12.8. The van der Waals surface area contributed by atoms with Crippen LogP contribution in [-0.4, -0.2) is 47.8 Å². The van der Waals surface area contributed by atoms with E-state index in [4.69, 9.17) is 14.8 Å². The lowest BCUT2D eigenvalue weighted by Crippen LogP contribution is -2.46. The minimum absolute atomic E-state index is 0.0906. The van der Waals surface area contributed by atoms with Crippen molar-refractivity contribution in [1.82, 2.24) is 5.32 Å². The maximum absolute atomic E-state index is 12.8. The van der Waals surface area contributed by atoms with Crippen molar-refractivity contribution in [3.63, 3.8) is 0 Å². The van der Waals surface area contributed by atoms with Gasteiger partial charge in [-0.1, -0.05) is 219 Å². The Morgan fingerprint density at radius 3 is 1.32 bits per heavy atom. The van der Waals surface area contributed by atoms with Crippen molar-refractivity contribution in [1.29, 1.82) is 0 Å². The van der Waals surface area contributed by atoms with Crippen LogP contribution in [0.3, 0.4) is 0 Å². The van der Waals surface area contributed by atoms with Gasteiger partial charge in [0.15, 0.2) is 0 Å². The van der Waals surface area contributed by atoms with Crippen molar-refractivity contribution in [2.24, 2.45) is 5.73 Å². The van der Waals surface area contributed by atoms with Crippen molar-refractivity contribution in [2.75, 3.05) is 19.8 Å². The summed E-state index contributed by atoms with van der Waals surface area (Å²) in [5.74, 6) is -0.160. The van der Waals surface area contributed by atoms with Gasteiger partial charge in [-0.2, -0.15) is 0 Å². The summed E-state index contributed by atoms with van der Waals surface area (Å²) in [5, 5.41) is 13.8. The Kier molecular flexibility index (Phi) is 43.2. The molecule has 0 rings (SSSR count). The number of phosphoric acid groups is 1. The van der Waals surface area contributed by atoms with Crippen LogP contribution in [0, 0.1) is 0 Å². The summed E-state index contributed by atoms with van der Waals surface area (Å²) in [5.41, 5.74) is 5.39. The number of aliphatic hydroxyl groups excluding tert-OH is 1. The van der Waals surface area contributed by atoms with Crippen LogP contribution in [-0.2, 0) is 18.4 Å². The summed E-state index contributed by atoms with van der Waals surface area (Å²) in [4.78, 5) is 22.8. The first kappa shape index (κ1) is 55.2. The molecule has 0 bridgehead atoms. The molecule has 0 aromatic carbocycles. The van der Waals surface area contributed by atoms with Crippen molar-refractivity contribution < 1.29 is 28.4 Å². The van der Waals surface area contributed by atoms with Crippen LogP contribution in [0.2, 0.25) is 0 Å². The predicted octanol–water partition coefficient (Wildman–Crippen LogP) is 14.0. The minimum Gasteiger partial charge on any atom is -0.391 e. The average Bonchev–Trinajstić information content (AvgIpc) is 3.19. The van der Waals surface area contributed by atoms with Crippen LogP contribution in [0.5, 0.6) is 0 Å². The Hall–Kier alpha value is -0.760. The summed E-state index contributed by atoms with van der Waals surface area (Å²) < 4.78 is 22.2. The lowest BCUT2D eigenvalue weighted by Gasteiger charge is -2.25. The number of aliphatic hydroxyl groups is 1. The minimum atomic E-state index is -4.31. The average molecular weight is 815 g/mol. The van der Waals surface area contributed by atoms with Crippen molar-refractivity contribution >= 4 is 13.7 Å². The lowest BCUT2D eigenvalue weighted by molar-refractivity contribution is -0.123. The number of phosphoric ester groups is 1. The number of hydrogen-bond acceptors (Lipinski definition) is 6. The van der Waals surface area contributed by atoms with E-state index < -0.39 is 20.0 Å². The number of nitrogens with one attached hydrogen (secondary N) is 1. The van der Waals surface area contributed by atoms with E-state index in [1.807, 2.05) is 0 Å². The standard InChI is InChI=1S/C47H95N2O6P/c1-3-5-7-9-11-13-15-17-19-21-22-23-24-25-27-29-31-33-35-37-39-41-47(51)49-45(44-55-56(52,53)54-43-42-48)46(50)40-38-36-34-32-30-28-26-20-18-16-14-12-10-8-6-4-2/h21-22,45-46,50H,3-20,23-44,48H2,1-2H3,(H,49,51)(H,52,53)/b22-21-. The number of hydrogen-bond donors (Lipinski definition) is 4. The van der Waals surface area contributed by atoms with Crippen molar-refractivity contribution in [2.45, 2.75) is 264 Å². The molecule has 8 nitrogen and oxygen atoms in total. The molecule has 334 valence electrons. The van der Waals surface area contributed by atoms with Gasteiger partial charge in [-0.15, -0.1) is 0 Å². The van der Waals surface area contributed by atoms with Gasteiger partial charge in [0.1, 0.15) is 0 Å². The Balaban J connectivity index is 4.06. The highest BCUT2D eigenvalue weighted by Gasteiger charge is 2.27.